The van der Waals surface area contributed by atoms with Gasteiger partial charge in [-0.25, -0.2) is 0 Å². The van der Waals surface area contributed by atoms with Gasteiger partial charge in [-0.15, -0.1) is 0 Å². The van der Waals surface area contributed by atoms with Crippen LogP contribution in [0.2, 0.25) is 0 Å². The lowest BCUT2D eigenvalue weighted by Gasteiger charge is -2.43. The fourth-order valence-electron chi connectivity index (χ4n) is 3.14. The summed E-state index contributed by atoms with van der Waals surface area (Å²) in [7, 11) is 0. The quantitative estimate of drug-likeness (QED) is 0.214. The highest BCUT2D eigenvalue weighted by Crippen LogP contribution is 2.35. The number of hydrogen-bond acceptors (Lipinski definition) is 12. The normalized spacial score (nSPS) is 46.3. The molecular weight excluding hydrogens is 384 g/mol. The van der Waals surface area contributed by atoms with Crippen LogP contribution in [0.4, 0.5) is 0 Å². The van der Waals surface area contributed by atoms with Crippen LogP contribution < -0.4 is 0 Å². The van der Waals surface area contributed by atoms with Crippen molar-refractivity contribution in [3.05, 3.63) is 0 Å². The maximum absolute atomic E-state index is 10.00. The van der Waals surface area contributed by atoms with Crippen LogP contribution in [-0.2, 0) is 18.9 Å². The van der Waals surface area contributed by atoms with Crippen LogP contribution in [0.1, 0.15) is 12.8 Å². The zero-order valence-electron chi connectivity index (χ0n) is 15.3. The molecule has 3 rings (SSSR count). The van der Waals surface area contributed by atoms with E-state index in [0.29, 0.717) is 0 Å². The number of hydrogen-bond donors (Lipinski definition) is 8. The molecule has 0 unspecified atom stereocenters. The third-order valence-corrected chi connectivity index (χ3v) is 4.90. The summed E-state index contributed by atoms with van der Waals surface area (Å²) in [6, 6.07) is 0. The second kappa shape index (κ2) is 10.5. The molecule has 3 heterocycles. The fourth-order valence-corrected chi connectivity index (χ4v) is 3.14. The Labute approximate surface area is 161 Å². The SMILES string of the molecule is C1CCOC1.OC[C@H]1O[C@@](CO)(O[C@H]2O[C@H](CO)[C@@H](O)[C@H](O)[C@H]2O)[C@@H](O)[C@@H]1O. The zero-order valence-corrected chi connectivity index (χ0v) is 15.3. The lowest BCUT2D eigenvalue weighted by atomic mass is 9.99. The van der Waals surface area contributed by atoms with Crippen molar-refractivity contribution in [2.45, 2.75) is 67.6 Å². The number of aliphatic hydroxyl groups excluding tert-OH is 8. The first-order valence-corrected chi connectivity index (χ1v) is 9.13. The Morgan fingerprint density at radius 3 is 1.82 bits per heavy atom. The average Bonchev–Trinajstić information content (AvgIpc) is 3.36. The lowest BCUT2D eigenvalue weighted by molar-refractivity contribution is -0.383. The molecule has 3 aliphatic rings. The van der Waals surface area contributed by atoms with E-state index in [2.05, 4.69) is 0 Å². The molecule has 0 aromatic rings. The fraction of sp³-hybridized carbons (Fsp3) is 1.00. The minimum Gasteiger partial charge on any atom is -0.394 e. The molecule has 8 N–H and O–H groups in total. The van der Waals surface area contributed by atoms with Gasteiger partial charge >= 0.3 is 0 Å². The first-order valence-electron chi connectivity index (χ1n) is 9.13. The van der Waals surface area contributed by atoms with Crippen LogP contribution in [0.15, 0.2) is 0 Å². The van der Waals surface area contributed by atoms with Crippen LogP contribution in [0, 0.1) is 0 Å². The van der Waals surface area contributed by atoms with E-state index < -0.39 is 74.6 Å². The summed E-state index contributed by atoms with van der Waals surface area (Å²) in [5, 5.41) is 76.7. The van der Waals surface area contributed by atoms with Crippen LogP contribution in [0.25, 0.3) is 0 Å². The monoisotopic (exact) mass is 414 g/mol. The van der Waals surface area contributed by atoms with Gasteiger partial charge in [0.25, 0.3) is 0 Å². The van der Waals surface area contributed by atoms with Crippen LogP contribution >= 0.6 is 0 Å². The molecule has 28 heavy (non-hydrogen) atoms. The molecule has 9 atom stereocenters. The van der Waals surface area contributed by atoms with Gasteiger partial charge in [-0.1, -0.05) is 0 Å². The molecule has 12 heteroatoms. The van der Waals surface area contributed by atoms with Gasteiger partial charge in [-0.3, -0.25) is 0 Å². The Bertz CT molecular complexity index is 453. The van der Waals surface area contributed by atoms with Gasteiger partial charge < -0.3 is 59.8 Å². The first kappa shape index (κ1) is 23.8. The molecule has 3 fully saturated rings. The maximum Gasteiger partial charge on any atom is 0.224 e. The first-order chi connectivity index (χ1) is 13.3. The summed E-state index contributed by atoms with van der Waals surface area (Å²) in [6.07, 6.45) is -10.1. The van der Waals surface area contributed by atoms with Gasteiger partial charge in [0.1, 0.15) is 49.3 Å². The molecule has 0 aromatic heterocycles. The Morgan fingerprint density at radius 1 is 0.786 bits per heavy atom. The summed E-state index contributed by atoms with van der Waals surface area (Å²) in [5.74, 6) is -2.22. The summed E-state index contributed by atoms with van der Waals surface area (Å²) >= 11 is 0. The predicted molar refractivity (Wildman–Crippen MR) is 88.7 cm³/mol. The molecule has 0 radical (unpaired) electrons. The van der Waals surface area contributed by atoms with Gasteiger partial charge in [0.15, 0.2) is 6.29 Å². The minimum absolute atomic E-state index is 0.669. The standard InChI is InChI=1S/C12H22O11.C4H8O/c13-1-4-6(16)8(18)9(19)11(21-4)23-12(3-15)10(20)7(17)5(2-14)22-12;1-2-4-5-3-1/h4-11,13-20H,1-3H2;1-4H2/t4-,5-,6-,7-,8+,9-,10+,11-,12+;/m1./s1. The van der Waals surface area contributed by atoms with Crippen molar-refractivity contribution in [2.75, 3.05) is 33.0 Å². The van der Waals surface area contributed by atoms with Gasteiger partial charge in [-0.2, -0.15) is 0 Å². The molecule has 0 aliphatic carbocycles. The molecule has 166 valence electrons. The van der Waals surface area contributed by atoms with Crippen molar-refractivity contribution in [3.63, 3.8) is 0 Å². The van der Waals surface area contributed by atoms with Gasteiger partial charge in [0, 0.05) is 13.2 Å². The van der Waals surface area contributed by atoms with E-state index in [1.165, 1.54) is 12.8 Å². The van der Waals surface area contributed by atoms with Crippen molar-refractivity contribution in [3.8, 4) is 0 Å². The second-order valence-electron chi connectivity index (χ2n) is 6.88. The summed E-state index contributed by atoms with van der Waals surface area (Å²) in [6.45, 7) is -0.322. The van der Waals surface area contributed by atoms with E-state index in [-0.39, 0.29) is 0 Å². The molecule has 0 saturated carbocycles. The second-order valence-corrected chi connectivity index (χ2v) is 6.88. The van der Waals surface area contributed by atoms with Crippen molar-refractivity contribution in [1.29, 1.82) is 0 Å². The van der Waals surface area contributed by atoms with E-state index in [9.17, 15) is 30.6 Å². The van der Waals surface area contributed by atoms with Crippen molar-refractivity contribution in [2.24, 2.45) is 0 Å². The summed E-state index contributed by atoms with van der Waals surface area (Å²) in [5.41, 5.74) is 0. The highest BCUT2D eigenvalue weighted by atomic mass is 16.8. The molecule has 12 nitrogen and oxygen atoms in total. The summed E-state index contributed by atoms with van der Waals surface area (Å²) < 4.78 is 20.4. The van der Waals surface area contributed by atoms with E-state index in [4.69, 9.17) is 29.2 Å². The molecular formula is C16H30O12. The van der Waals surface area contributed by atoms with E-state index >= 15 is 0 Å². The third-order valence-electron chi connectivity index (χ3n) is 4.90. The van der Waals surface area contributed by atoms with E-state index in [0.717, 1.165) is 13.2 Å². The van der Waals surface area contributed by atoms with Crippen LogP contribution in [0.5, 0.6) is 0 Å². The molecule has 0 aromatic carbocycles. The highest BCUT2D eigenvalue weighted by molar-refractivity contribution is 4.98. The third kappa shape index (κ3) is 4.98. The average molecular weight is 414 g/mol. The Morgan fingerprint density at radius 2 is 1.39 bits per heavy atom. The molecule has 0 amide bonds. The van der Waals surface area contributed by atoms with Crippen LogP contribution in [-0.4, -0.2) is 129 Å². The van der Waals surface area contributed by atoms with Gasteiger partial charge in [0.2, 0.25) is 5.79 Å². The molecule has 3 aliphatic heterocycles. The maximum atomic E-state index is 10.00. The lowest BCUT2D eigenvalue weighted by Crippen LogP contribution is -2.62. The summed E-state index contributed by atoms with van der Waals surface area (Å²) in [4.78, 5) is 0. The highest BCUT2D eigenvalue weighted by Gasteiger charge is 2.58. The topological polar surface area (TPSA) is 199 Å². The van der Waals surface area contributed by atoms with Crippen molar-refractivity contribution in [1.82, 2.24) is 0 Å². The molecule has 3 saturated heterocycles. The van der Waals surface area contributed by atoms with Gasteiger partial charge in [0.05, 0.1) is 13.2 Å². The smallest absolute Gasteiger partial charge is 0.224 e. The minimum atomic E-state index is -2.22. The van der Waals surface area contributed by atoms with E-state index in [1.807, 2.05) is 0 Å². The largest absolute Gasteiger partial charge is 0.394 e. The van der Waals surface area contributed by atoms with Crippen molar-refractivity contribution < 1.29 is 59.8 Å². The number of ether oxygens (including phenoxy) is 4. The predicted octanol–water partition coefficient (Wildman–Crippen LogP) is -4.60. The Balaban J connectivity index is 0.000000485. The molecule has 0 spiro atoms. The zero-order chi connectivity index (χ0) is 20.9. The van der Waals surface area contributed by atoms with Crippen LogP contribution in [0.3, 0.4) is 0 Å². The van der Waals surface area contributed by atoms with Crippen molar-refractivity contribution >= 4 is 0 Å². The number of aliphatic hydroxyl groups is 8. The Hall–Kier alpha value is -0.480. The number of rotatable bonds is 5. The Kier molecular flexibility index (Phi) is 8.94. The van der Waals surface area contributed by atoms with E-state index in [1.54, 1.807) is 0 Å². The molecule has 0 bridgehead atoms. The van der Waals surface area contributed by atoms with Gasteiger partial charge in [-0.05, 0) is 12.8 Å².